The topological polar surface area (TPSA) is 0 Å². The molecule has 2 aliphatic carbocycles. The molecule has 0 saturated heterocycles. The number of hydrogen-bond acceptors (Lipinski definition) is 0. The Morgan fingerprint density at radius 3 is 1.97 bits per heavy atom. The number of allylic oxidation sites excluding steroid dienone is 5. The minimum absolute atomic E-state index is 0. The maximum absolute atomic E-state index is 2.62. The summed E-state index contributed by atoms with van der Waals surface area (Å²) >= 11 is -2.06. The summed E-state index contributed by atoms with van der Waals surface area (Å²) in [6.07, 6.45) is 2.62. The SMILES string of the molecule is CC1=C(C)C(C)[C]([Zr+2](=[C](C)C)[CH]2C=C(c3ccccc3)c3ccccc32)=C1C.[Cl-].[Cl-]. The van der Waals surface area contributed by atoms with E-state index in [1.54, 1.807) is 25.5 Å². The first-order valence-corrected chi connectivity index (χ1v) is 14.2. The van der Waals surface area contributed by atoms with Crippen molar-refractivity contribution in [3.8, 4) is 0 Å². The molecule has 0 saturated carbocycles. The summed E-state index contributed by atoms with van der Waals surface area (Å²) in [4.78, 5) is 0. The fourth-order valence-electron chi connectivity index (χ4n) is 5.01. The average Bonchev–Trinajstić information content (AvgIpc) is 3.17. The van der Waals surface area contributed by atoms with Crippen LogP contribution in [0.2, 0.25) is 0 Å². The zero-order valence-corrected chi connectivity index (χ0v) is 22.7. The maximum atomic E-state index is 2.62. The van der Waals surface area contributed by atoms with Gasteiger partial charge in [-0.05, 0) is 0 Å². The van der Waals surface area contributed by atoms with E-state index < -0.39 is 21.3 Å². The van der Waals surface area contributed by atoms with Crippen LogP contribution in [-0.2, 0) is 21.3 Å². The van der Waals surface area contributed by atoms with Crippen LogP contribution in [0.4, 0.5) is 0 Å². The van der Waals surface area contributed by atoms with E-state index in [1.165, 1.54) is 16.7 Å². The van der Waals surface area contributed by atoms with Gasteiger partial charge in [-0.2, -0.15) is 0 Å². The zero-order valence-electron chi connectivity index (χ0n) is 18.7. The molecule has 0 aromatic heterocycles. The molecule has 2 unspecified atom stereocenters. The van der Waals surface area contributed by atoms with Crippen molar-refractivity contribution >= 4 is 8.78 Å². The fourth-order valence-corrected chi connectivity index (χ4v) is 14.0. The summed E-state index contributed by atoms with van der Waals surface area (Å²) in [6.45, 7) is 14.3. The molecule has 0 aliphatic heterocycles. The first kappa shape index (κ1) is 25.3. The van der Waals surface area contributed by atoms with Crippen molar-refractivity contribution in [3.05, 3.63) is 97.4 Å². The van der Waals surface area contributed by atoms with Gasteiger partial charge in [-0.3, -0.25) is 0 Å². The molecule has 2 aromatic rings. The molecule has 30 heavy (non-hydrogen) atoms. The van der Waals surface area contributed by atoms with Gasteiger partial charge in [0.2, 0.25) is 0 Å². The number of benzene rings is 2. The van der Waals surface area contributed by atoms with Crippen molar-refractivity contribution in [1.29, 1.82) is 0 Å². The van der Waals surface area contributed by atoms with Crippen LogP contribution in [0.1, 0.15) is 61.9 Å². The molecule has 0 N–H and O–H groups in total. The standard InChI is InChI=1S/C15H11.C9H13.C3H6.2ClH.Zr/c1-2-6-12(7-3-1)15-11-10-13-8-4-5-9-14(13)15;1-6-5-7(2)9(4)8(6)3;1-3-2;;;/h1-11H;6H,1-4H3;1-2H3;2*1H;/q;;;;;+2/p-2. The second kappa shape index (κ2) is 10.1. The van der Waals surface area contributed by atoms with E-state index in [9.17, 15) is 0 Å². The van der Waals surface area contributed by atoms with Crippen LogP contribution in [0.5, 0.6) is 0 Å². The van der Waals surface area contributed by atoms with Gasteiger partial charge >= 0.3 is 178 Å². The third-order valence-corrected chi connectivity index (χ3v) is 15.5. The maximum Gasteiger partial charge on any atom is -1.00 e. The minimum atomic E-state index is -2.06. The van der Waals surface area contributed by atoms with Crippen LogP contribution in [0.25, 0.3) is 5.57 Å². The van der Waals surface area contributed by atoms with Crippen LogP contribution in [0.15, 0.2) is 80.7 Å². The Kier molecular flexibility index (Phi) is 8.48. The van der Waals surface area contributed by atoms with E-state index in [1.807, 2.05) is 3.28 Å². The molecule has 0 spiro atoms. The van der Waals surface area contributed by atoms with Gasteiger partial charge in [-0.1, -0.05) is 0 Å². The van der Waals surface area contributed by atoms with Crippen LogP contribution >= 0.6 is 0 Å². The second-order valence-corrected chi connectivity index (χ2v) is 15.8. The molecule has 0 radical (unpaired) electrons. The Labute approximate surface area is 202 Å². The Morgan fingerprint density at radius 2 is 1.40 bits per heavy atom. The molecular formula is C27H30Cl2Zr. The van der Waals surface area contributed by atoms with Crippen LogP contribution in [0.3, 0.4) is 0 Å². The van der Waals surface area contributed by atoms with E-state index in [0.717, 1.165) is 0 Å². The molecule has 2 aromatic carbocycles. The molecular weight excluding hydrogens is 486 g/mol. The van der Waals surface area contributed by atoms with Gasteiger partial charge in [0.1, 0.15) is 0 Å². The largest absolute Gasteiger partial charge is 1.00 e. The van der Waals surface area contributed by atoms with Gasteiger partial charge in [0.05, 0.1) is 0 Å². The van der Waals surface area contributed by atoms with Crippen molar-refractivity contribution in [2.45, 2.75) is 45.2 Å². The first-order valence-electron chi connectivity index (χ1n) is 10.3. The van der Waals surface area contributed by atoms with Gasteiger partial charge in [-0.25, -0.2) is 0 Å². The van der Waals surface area contributed by atoms with Crippen molar-refractivity contribution in [2.24, 2.45) is 5.92 Å². The molecule has 0 amide bonds. The summed E-state index contributed by atoms with van der Waals surface area (Å²) in [6, 6.07) is 20.1. The molecule has 0 heterocycles. The summed E-state index contributed by atoms with van der Waals surface area (Å²) in [5.41, 5.74) is 10.5. The first-order chi connectivity index (χ1) is 13.4. The average molecular weight is 517 g/mol. The second-order valence-electron chi connectivity index (χ2n) is 8.49. The number of fused-ring (bicyclic) bond motifs is 1. The summed E-state index contributed by atoms with van der Waals surface area (Å²) in [5.74, 6) is 0.616. The third-order valence-electron chi connectivity index (χ3n) is 6.78. The smallest absolute Gasteiger partial charge is 1.00 e. The van der Waals surface area contributed by atoms with Gasteiger partial charge in [0.25, 0.3) is 0 Å². The molecule has 3 heteroatoms. The Morgan fingerprint density at radius 1 is 0.800 bits per heavy atom. The van der Waals surface area contributed by atoms with Crippen LogP contribution in [0, 0.1) is 5.92 Å². The Hall–Kier alpha value is -1.01. The zero-order chi connectivity index (χ0) is 20.0. The molecule has 0 fully saturated rings. The van der Waals surface area contributed by atoms with E-state index in [2.05, 4.69) is 102 Å². The minimum Gasteiger partial charge on any atom is -1.00 e. The molecule has 4 rings (SSSR count). The summed E-state index contributed by atoms with van der Waals surface area (Å²) < 4.78 is 4.13. The van der Waals surface area contributed by atoms with Gasteiger partial charge in [-0.15, -0.1) is 0 Å². The molecule has 2 atom stereocenters. The van der Waals surface area contributed by atoms with Crippen LogP contribution in [-0.4, -0.2) is 3.21 Å². The molecule has 0 bridgehead atoms. The van der Waals surface area contributed by atoms with Gasteiger partial charge in [0.15, 0.2) is 0 Å². The van der Waals surface area contributed by atoms with E-state index in [4.69, 9.17) is 0 Å². The van der Waals surface area contributed by atoms with Gasteiger partial charge in [0, 0.05) is 0 Å². The predicted octanol–water partition coefficient (Wildman–Crippen LogP) is 1.27. The van der Waals surface area contributed by atoms with E-state index in [0.29, 0.717) is 9.54 Å². The number of halogens is 2. The summed E-state index contributed by atoms with van der Waals surface area (Å²) in [7, 11) is 0. The molecule has 0 nitrogen and oxygen atoms in total. The monoisotopic (exact) mass is 514 g/mol. The number of rotatable bonds is 3. The van der Waals surface area contributed by atoms with E-state index in [-0.39, 0.29) is 24.8 Å². The normalized spacial score (nSPS) is 19.4. The van der Waals surface area contributed by atoms with Crippen molar-refractivity contribution in [3.63, 3.8) is 0 Å². The van der Waals surface area contributed by atoms with Gasteiger partial charge < -0.3 is 24.8 Å². The molecule has 156 valence electrons. The van der Waals surface area contributed by atoms with Crippen molar-refractivity contribution in [2.75, 3.05) is 0 Å². The Bertz CT molecular complexity index is 1070. The van der Waals surface area contributed by atoms with Crippen molar-refractivity contribution in [1.82, 2.24) is 0 Å². The fraction of sp³-hybridized carbons (Fsp3) is 0.296. The van der Waals surface area contributed by atoms with E-state index >= 15 is 0 Å². The Balaban J connectivity index is 0.00000160. The van der Waals surface area contributed by atoms with Crippen molar-refractivity contribution < 1.29 is 46.1 Å². The predicted molar refractivity (Wildman–Crippen MR) is 119 cm³/mol. The third kappa shape index (κ3) is 4.19. The van der Waals surface area contributed by atoms with Crippen LogP contribution < -0.4 is 24.8 Å². The molecule has 2 aliphatic rings. The quantitative estimate of drug-likeness (QED) is 0.577. The number of hydrogen-bond donors (Lipinski definition) is 0. The summed E-state index contributed by atoms with van der Waals surface area (Å²) in [5, 5.41) is 0.